The van der Waals surface area contributed by atoms with Gasteiger partial charge in [-0.05, 0) is 51.0 Å². The predicted octanol–water partition coefficient (Wildman–Crippen LogP) is 2.77. The van der Waals surface area contributed by atoms with E-state index in [-0.39, 0.29) is 5.78 Å². The third-order valence-corrected chi connectivity index (χ3v) is 3.88. The molecule has 0 spiro atoms. The van der Waals surface area contributed by atoms with Crippen LogP contribution in [0.15, 0.2) is 18.2 Å². The molecule has 5 nitrogen and oxygen atoms in total. The molecular weight excluding hydrogens is 276 g/mol. The second kappa shape index (κ2) is 6.44. The fourth-order valence-electron chi connectivity index (χ4n) is 2.57. The van der Waals surface area contributed by atoms with E-state index in [1.165, 1.54) is 12.5 Å². The Bertz CT molecular complexity index is 753. The lowest BCUT2D eigenvalue weighted by atomic mass is 10.1. The van der Waals surface area contributed by atoms with Crippen molar-refractivity contribution in [2.45, 2.75) is 27.2 Å². The van der Waals surface area contributed by atoms with Gasteiger partial charge in [-0.2, -0.15) is 10.4 Å². The first-order chi connectivity index (χ1) is 10.4. The molecule has 1 N–H and O–H groups in total. The largest absolute Gasteiger partial charge is 0.384 e. The van der Waals surface area contributed by atoms with Crippen LogP contribution in [-0.2, 0) is 13.5 Å². The third kappa shape index (κ3) is 3.17. The highest BCUT2D eigenvalue weighted by molar-refractivity contribution is 5.99. The van der Waals surface area contributed by atoms with Gasteiger partial charge in [-0.25, -0.2) is 0 Å². The minimum absolute atomic E-state index is 0.0132. The lowest BCUT2D eigenvalue weighted by Gasteiger charge is -2.11. The van der Waals surface area contributed by atoms with Crippen LogP contribution in [0.3, 0.4) is 0 Å². The number of benzene rings is 1. The van der Waals surface area contributed by atoms with Crippen molar-refractivity contribution in [1.29, 1.82) is 5.26 Å². The molecule has 0 aliphatic heterocycles. The van der Waals surface area contributed by atoms with E-state index in [2.05, 4.69) is 16.5 Å². The van der Waals surface area contributed by atoms with Gasteiger partial charge >= 0.3 is 0 Å². The topological polar surface area (TPSA) is 70.7 Å². The van der Waals surface area contributed by atoms with Gasteiger partial charge in [-0.3, -0.25) is 9.48 Å². The Morgan fingerprint density at radius 3 is 2.68 bits per heavy atom. The predicted molar refractivity (Wildman–Crippen MR) is 86.0 cm³/mol. The van der Waals surface area contributed by atoms with E-state index in [0.717, 1.165) is 17.8 Å². The Kier molecular flexibility index (Phi) is 4.62. The standard InChI is InChI=1S/C17H20N4O/c1-11-15(12(2)21(4)20-11)7-8-19-17-9-14(10-18)5-6-16(17)13(3)22/h5-6,9,19H,7-8H2,1-4H3. The van der Waals surface area contributed by atoms with E-state index < -0.39 is 0 Å². The number of Topliss-reactive ketones (excluding diaryl/α,β-unsaturated/α-hetero) is 1. The fraction of sp³-hybridized carbons (Fsp3) is 0.353. The number of aromatic nitrogens is 2. The highest BCUT2D eigenvalue weighted by Gasteiger charge is 2.11. The molecule has 2 aromatic rings. The van der Waals surface area contributed by atoms with Crippen LogP contribution in [0.4, 0.5) is 5.69 Å². The molecule has 5 heteroatoms. The van der Waals surface area contributed by atoms with Crippen LogP contribution in [0.2, 0.25) is 0 Å². The zero-order valence-electron chi connectivity index (χ0n) is 13.4. The van der Waals surface area contributed by atoms with E-state index >= 15 is 0 Å². The van der Waals surface area contributed by atoms with Crippen LogP contribution in [0, 0.1) is 25.2 Å². The number of carbonyl (C=O) groups is 1. The highest BCUT2D eigenvalue weighted by Crippen LogP contribution is 2.19. The molecule has 114 valence electrons. The maximum Gasteiger partial charge on any atom is 0.161 e. The van der Waals surface area contributed by atoms with Gasteiger partial charge in [0.25, 0.3) is 0 Å². The molecule has 0 amide bonds. The number of rotatable bonds is 5. The second-order valence-electron chi connectivity index (χ2n) is 5.38. The van der Waals surface area contributed by atoms with Gasteiger partial charge in [0.1, 0.15) is 0 Å². The number of nitriles is 1. The van der Waals surface area contributed by atoms with E-state index in [1.54, 1.807) is 18.2 Å². The van der Waals surface area contributed by atoms with Crippen molar-refractivity contribution in [2.75, 3.05) is 11.9 Å². The van der Waals surface area contributed by atoms with Gasteiger partial charge in [-0.1, -0.05) is 0 Å². The maximum atomic E-state index is 11.7. The molecule has 0 saturated heterocycles. The van der Waals surface area contributed by atoms with Crippen LogP contribution in [0.25, 0.3) is 0 Å². The van der Waals surface area contributed by atoms with Crippen molar-refractivity contribution in [3.63, 3.8) is 0 Å². The summed E-state index contributed by atoms with van der Waals surface area (Å²) in [7, 11) is 1.93. The molecule has 0 fully saturated rings. The van der Waals surface area contributed by atoms with Gasteiger partial charge in [-0.15, -0.1) is 0 Å². The Labute approximate surface area is 130 Å². The first-order valence-electron chi connectivity index (χ1n) is 7.22. The molecule has 0 aliphatic rings. The lowest BCUT2D eigenvalue weighted by molar-refractivity contribution is 0.101. The molecule has 1 heterocycles. The molecule has 22 heavy (non-hydrogen) atoms. The van der Waals surface area contributed by atoms with Crippen molar-refractivity contribution in [1.82, 2.24) is 9.78 Å². The average Bonchev–Trinajstić information content (AvgIpc) is 2.73. The number of nitrogens with zero attached hydrogens (tertiary/aromatic N) is 3. The minimum Gasteiger partial charge on any atom is -0.384 e. The zero-order chi connectivity index (χ0) is 16.3. The molecule has 0 aliphatic carbocycles. The summed E-state index contributed by atoms with van der Waals surface area (Å²) < 4.78 is 1.88. The minimum atomic E-state index is -0.0132. The molecule has 0 radical (unpaired) electrons. The number of hydrogen-bond acceptors (Lipinski definition) is 4. The number of ketones is 1. The molecule has 2 rings (SSSR count). The van der Waals surface area contributed by atoms with Gasteiger partial charge < -0.3 is 5.32 Å². The summed E-state index contributed by atoms with van der Waals surface area (Å²) in [6.45, 7) is 6.26. The third-order valence-electron chi connectivity index (χ3n) is 3.88. The normalized spacial score (nSPS) is 10.3. The maximum absolute atomic E-state index is 11.7. The molecule has 1 aromatic heterocycles. The lowest BCUT2D eigenvalue weighted by Crippen LogP contribution is -2.10. The summed E-state index contributed by atoms with van der Waals surface area (Å²) in [5.41, 5.74) is 5.26. The van der Waals surface area contributed by atoms with Crippen molar-refractivity contribution in [2.24, 2.45) is 7.05 Å². The number of nitrogens with one attached hydrogen (secondary N) is 1. The van der Waals surface area contributed by atoms with E-state index in [1.807, 2.05) is 25.6 Å². The Morgan fingerprint density at radius 1 is 1.41 bits per heavy atom. The average molecular weight is 296 g/mol. The Balaban J connectivity index is 2.14. The number of carbonyl (C=O) groups excluding carboxylic acids is 1. The summed E-state index contributed by atoms with van der Waals surface area (Å²) in [6, 6.07) is 7.18. The smallest absolute Gasteiger partial charge is 0.161 e. The van der Waals surface area contributed by atoms with Gasteiger partial charge in [0.2, 0.25) is 0 Å². The first kappa shape index (κ1) is 15.8. The molecule has 0 saturated carbocycles. The monoisotopic (exact) mass is 296 g/mol. The molecule has 1 aromatic carbocycles. The van der Waals surface area contributed by atoms with Crippen molar-refractivity contribution < 1.29 is 4.79 Å². The molecular formula is C17H20N4O. The highest BCUT2D eigenvalue weighted by atomic mass is 16.1. The van der Waals surface area contributed by atoms with Crippen molar-refractivity contribution in [3.05, 3.63) is 46.3 Å². The summed E-state index contributed by atoms with van der Waals surface area (Å²) in [5, 5.41) is 16.7. The number of hydrogen-bond donors (Lipinski definition) is 1. The first-order valence-corrected chi connectivity index (χ1v) is 7.22. The Hall–Kier alpha value is -2.61. The fourth-order valence-corrected chi connectivity index (χ4v) is 2.57. The van der Waals surface area contributed by atoms with Crippen molar-refractivity contribution in [3.8, 4) is 6.07 Å². The van der Waals surface area contributed by atoms with Crippen LogP contribution in [0.1, 0.15) is 39.8 Å². The van der Waals surface area contributed by atoms with E-state index in [9.17, 15) is 4.79 Å². The van der Waals surface area contributed by atoms with E-state index in [4.69, 9.17) is 5.26 Å². The van der Waals surface area contributed by atoms with Crippen LogP contribution in [-0.4, -0.2) is 22.1 Å². The summed E-state index contributed by atoms with van der Waals surface area (Å²) in [5.74, 6) is -0.0132. The van der Waals surface area contributed by atoms with Gasteiger partial charge in [0.15, 0.2) is 5.78 Å². The molecule has 0 unspecified atom stereocenters. The summed E-state index contributed by atoms with van der Waals surface area (Å²) in [6.07, 6.45) is 0.819. The molecule has 0 atom stereocenters. The van der Waals surface area contributed by atoms with E-state index in [0.29, 0.717) is 23.4 Å². The quantitative estimate of drug-likeness (QED) is 0.861. The Morgan fingerprint density at radius 2 is 2.14 bits per heavy atom. The van der Waals surface area contributed by atoms with Gasteiger partial charge in [0, 0.05) is 30.5 Å². The van der Waals surface area contributed by atoms with Crippen molar-refractivity contribution >= 4 is 11.5 Å². The number of anilines is 1. The zero-order valence-corrected chi connectivity index (χ0v) is 13.4. The van der Waals surface area contributed by atoms with Crippen LogP contribution >= 0.6 is 0 Å². The summed E-state index contributed by atoms with van der Waals surface area (Å²) in [4.78, 5) is 11.7. The second-order valence-corrected chi connectivity index (χ2v) is 5.38. The SMILES string of the molecule is CC(=O)c1ccc(C#N)cc1NCCc1c(C)nn(C)c1C. The number of aryl methyl sites for hydroxylation is 2. The summed E-state index contributed by atoms with van der Waals surface area (Å²) >= 11 is 0. The molecule has 0 bridgehead atoms. The van der Waals surface area contributed by atoms with Crippen LogP contribution < -0.4 is 5.32 Å². The van der Waals surface area contributed by atoms with Crippen LogP contribution in [0.5, 0.6) is 0 Å². The van der Waals surface area contributed by atoms with Gasteiger partial charge in [0.05, 0.1) is 17.3 Å².